The van der Waals surface area contributed by atoms with Gasteiger partial charge in [-0.25, -0.2) is 9.48 Å². The lowest BCUT2D eigenvalue weighted by Gasteiger charge is -2.13. The van der Waals surface area contributed by atoms with Gasteiger partial charge in [-0.15, -0.1) is 0 Å². The van der Waals surface area contributed by atoms with Crippen LogP contribution in [-0.2, 0) is 20.1 Å². The molecule has 18 heavy (non-hydrogen) atoms. The second-order valence-corrected chi connectivity index (χ2v) is 4.25. The number of rotatable bonds is 2. The molecule has 0 saturated heterocycles. The molecule has 0 amide bonds. The van der Waals surface area contributed by atoms with E-state index in [0.29, 0.717) is 24.6 Å². The number of aryl methyl sites for hydroxylation is 1. The molecule has 1 aromatic carbocycles. The second-order valence-electron chi connectivity index (χ2n) is 4.25. The fourth-order valence-electron chi connectivity index (χ4n) is 2.16. The zero-order valence-electron chi connectivity index (χ0n) is 9.74. The van der Waals surface area contributed by atoms with Gasteiger partial charge in [0.25, 0.3) is 0 Å². The third-order valence-corrected chi connectivity index (χ3v) is 3.06. The number of carbonyl (C=O) groups is 1. The first kappa shape index (κ1) is 10.7. The summed E-state index contributed by atoms with van der Waals surface area (Å²) in [5, 5.41) is 20.3. The lowest BCUT2D eigenvalue weighted by Crippen LogP contribution is -2.18. The molecule has 3 rings (SSSR count). The maximum Gasteiger partial charge on any atom is 0.335 e. The summed E-state index contributed by atoms with van der Waals surface area (Å²) in [6.45, 7) is 1.33. The Labute approximate surface area is 103 Å². The molecule has 0 saturated carbocycles. The molecule has 2 heterocycles. The van der Waals surface area contributed by atoms with Crippen molar-refractivity contribution >= 4 is 11.9 Å². The number of anilines is 1. The van der Waals surface area contributed by atoms with Crippen LogP contribution in [-0.4, -0.2) is 31.3 Å². The van der Waals surface area contributed by atoms with E-state index in [1.165, 1.54) is 0 Å². The van der Waals surface area contributed by atoms with Crippen LogP contribution >= 0.6 is 0 Å². The predicted octanol–water partition coefficient (Wildman–Crippen LogP) is 0.428. The van der Waals surface area contributed by atoms with Crippen molar-refractivity contribution in [3.05, 3.63) is 34.9 Å². The van der Waals surface area contributed by atoms with Crippen LogP contribution < -0.4 is 4.90 Å². The van der Waals surface area contributed by atoms with E-state index in [1.54, 1.807) is 23.9 Å². The molecule has 0 fully saturated rings. The minimum absolute atomic E-state index is 0.312. The summed E-state index contributed by atoms with van der Waals surface area (Å²) in [6.07, 6.45) is 0. The summed E-state index contributed by atoms with van der Waals surface area (Å²) in [4.78, 5) is 12.9. The first-order chi connectivity index (χ1) is 8.65. The van der Waals surface area contributed by atoms with Crippen molar-refractivity contribution in [1.82, 2.24) is 20.2 Å². The van der Waals surface area contributed by atoms with Gasteiger partial charge in [0.1, 0.15) is 0 Å². The summed E-state index contributed by atoms with van der Waals surface area (Å²) < 4.78 is 1.60. The van der Waals surface area contributed by atoms with Gasteiger partial charge >= 0.3 is 5.97 Å². The van der Waals surface area contributed by atoms with E-state index >= 15 is 0 Å². The van der Waals surface area contributed by atoms with Crippen LogP contribution in [0, 0.1) is 0 Å². The maximum absolute atomic E-state index is 10.9. The van der Waals surface area contributed by atoms with Crippen LogP contribution in [0.15, 0.2) is 18.2 Å². The predicted molar refractivity (Wildman–Crippen MR) is 62.1 cm³/mol. The Morgan fingerprint density at radius 3 is 2.78 bits per heavy atom. The zero-order valence-corrected chi connectivity index (χ0v) is 9.74. The van der Waals surface area contributed by atoms with Crippen LogP contribution in [0.3, 0.4) is 0 Å². The van der Waals surface area contributed by atoms with Gasteiger partial charge in [0.05, 0.1) is 5.56 Å². The quantitative estimate of drug-likeness (QED) is 0.825. The number of nitrogens with zero attached hydrogens (tertiary/aromatic N) is 5. The first-order valence-electron chi connectivity index (χ1n) is 5.47. The molecule has 1 aromatic heterocycles. The molecule has 1 aliphatic rings. The lowest BCUT2D eigenvalue weighted by atomic mass is 10.1. The lowest BCUT2D eigenvalue weighted by molar-refractivity contribution is 0.0697. The van der Waals surface area contributed by atoms with Crippen molar-refractivity contribution in [3.63, 3.8) is 0 Å². The van der Waals surface area contributed by atoms with E-state index in [1.807, 2.05) is 11.0 Å². The average molecular weight is 245 g/mol. The molecule has 1 aliphatic heterocycles. The number of benzene rings is 1. The molecule has 2 aromatic rings. The molecule has 0 atom stereocenters. The number of hydrogen-bond donors (Lipinski definition) is 1. The fraction of sp³-hybridized carbons (Fsp3) is 0.273. The standard InChI is InChI=1S/C11H11N5O2/c1-15-11(12-13-14-15)16-5-8-3-2-7(10(17)18)4-9(8)6-16/h2-4H,5-6H2,1H3,(H,17,18). The Bertz CT molecular complexity index is 622. The van der Waals surface area contributed by atoms with Gasteiger partial charge in [-0.3, -0.25) is 0 Å². The molecular weight excluding hydrogens is 234 g/mol. The van der Waals surface area contributed by atoms with E-state index in [0.717, 1.165) is 11.1 Å². The third kappa shape index (κ3) is 1.60. The summed E-state index contributed by atoms with van der Waals surface area (Å²) >= 11 is 0. The summed E-state index contributed by atoms with van der Waals surface area (Å²) in [7, 11) is 1.78. The molecule has 7 heteroatoms. The highest BCUT2D eigenvalue weighted by Crippen LogP contribution is 2.26. The number of carboxylic acid groups (broad SMARTS) is 1. The average Bonchev–Trinajstić information content (AvgIpc) is 2.92. The van der Waals surface area contributed by atoms with Crippen molar-refractivity contribution in [3.8, 4) is 0 Å². The van der Waals surface area contributed by atoms with Gasteiger partial charge in [-0.05, 0) is 33.7 Å². The highest BCUT2D eigenvalue weighted by Gasteiger charge is 2.23. The van der Waals surface area contributed by atoms with Crippen LogP contribution in [0.2, 0.25) is 0 Å². The molecule has 0 aliphatic carbocycles. The van der Waals surface area contributed by atoms with Gasteiger partial charge in [0.15, 0.2) is 0 Å². The molecule has 0 unspecified atom stereocenters. The van der Waals surface area contributed by atoms with Gasteiger partial charge in [0.2, 0.25) is 5.95 Å². The van der Waals surface area contributed by atoms with E-state index in [9.17, 15) is 4.79 Å². The third-order valence-electron chi connectivity index (χ3n) is 3.06. The first-order valence-corrected chi connectivity index (χ1v) is 5.47. The van der Waals surface area contributed by atoms with Crippen LogP contribution in [0.25, 0.3) is 0 Å². The minimum atomic E-state index is -0.906. The van der Waals surface area contributed by atoms with Crippen molar-refractivity contribution in [2.45, 2.75) is 13.1 Å². The van der Waals surface area contributed by atoms with Crippen molar-refractivity contribution in [1.29, 1.82) is 0 Å². The molecule has 1 N–H and O–H groups in total. The second kappa shape index (κ2) is 3.80. The molecule has 92 valence electrons. The topological polar surface area (TPSA) is 84.1 Å². The Morgan fingerprint density at radius 1 is 1.33 bits per heavy atom. The molecule has 0 spiro atoms. The summed E-state index contributed by atoms with van der Waals surface area (Å²) in [6, 6.07) is 5.18. The summed E-state index contributed by atoms with van der Waals surface area (Å²) in [5.41, 5.74) is 2.44. The molecule has 0 radical (unpaired) electrons. The molecule has 7 nitrogen and oxygen atoms in total. The molecular formula is C11H11N5O2. The SMILES string of the molecule is Cn1nnnc1N1Cc2ccc(C(=O)O)cc2C1. The fourth-order valence-corrected chi connectivity index (χ4v) is 2.16. The Hall–Kier alpha value is -2.44. The maximum atomic E-state index is 10.9. The van der Waals surface area contributed by atoms with Crippen molar-refractivity contribution in [2.75, 3.05) is 4.90 Å². The minimum Gasteiger partial charge on any atom is -0.478 e. The number of aromatic nitrogens is 4. The van der Waals surface area contributed by atoms with Crippen LogP contribution in [0.5, 0.6) is 0 Å². The highest BCUT2D eigenvalue weighted by molar-refractivity contribution is 5.88. The summed E-state index contributed by atoms with van der Waals surface area (Å²) in [5.74, 6) is -0.223. The van der Waals surface area contributed by atoms with E-state index in [2.05, 4.69) is 15.5 Å². The van der Waals surface area contributed by atoms with Gasteiger partial charge in [0, 0.05) is 20.1 Å². The monoisotopic (exact) mass is 245 g/mol. The van der Waals surface area contributed by atoms with Crippen LogP contribution in [0.1, 0.15) is 21.5 Å². The number of tetrazole rings is 1. The van der Waals surface area contributed by atoms with E-state index in [4.69, 9.17) is 5.11 Å². The van der Waals surface area contributed by atoms with Crippen LogP contribution in [0.4, 0.5) is 5.95 Å². The van der Waals surface area contributed by atoms with Crippen molar-refractivity contribution in [2.24, 2.45) is 7.05 Å². The Balaban J connectivity index is 1.92. The number of fused-ring (bicyclic) bond motifs is 1. The van der Waals surface area contributed by atoms with Gasteiger partial charge in [-0.1, -0.05) is 11.2 Å². The normalized spacial score (nSPS) is 13.7. The van der Waals surface area contributed by atoms with Gasteiger partial charge < -0.3 is 10.0 Å². The highest BCUT2D eigenvalue weighted by atomic mass is 16.4. The smallest absolute Gasteiger partial charge is 0.335 e. The van der Waals surface area contributed by atoms with E-state index in [-0.39, 0.29) is 0 Å². The number of hydrogen-bond acceptors (Lipinski definition) is 5. The Kier molecular flexibility index (Phi) is 2.26. The van der Waals surface area contributed by atoms with Gasteiger partial charge in [-0.2, -0.15) is 0 Å². The zero-order chi connectivity index (χ0) is 12.7. The number of aromatic carboxylic acids is 1. The number of carboxylic acids is 1. The van der Waals surface area contributed by atoms with Crippen molar-refractivity contribution < 1.29 is 9.90 Å². The van der Waals surface area contributed by atoms with E-state index < -0.39 is 5.97 Å². The Morgan fingerprint density at radius 2 is 2.11 bits per heavy atom. The largest absolute Gasteiger partial charge is 0.478 e. The molecule has 0 bridgehead atoms.